The maximum absolute atomic E-state index is 13.4. The molecule has 0 radical (unpaired) electrons. The number of rotatable bonds is 9. The summed E-state index contributed by atoms with van der Waals surface area (Å²) in [4.78, 5) is 28.3. The minimum Gasteiger partial charge on any atom is -0.497 e. The first-order valence-corrected chi connectivity index (χ1v) is 13.8. The minimum absolute atomic E-state index is 0.152. The van der Waals surface area contributed by atoms with Gasteiger partial charge in [-0.15, -0.1) is 0 Å². The predicted molar refractivity (Wildman–Crippen MR) is 146 cm³/mol. The van der Waals surface area contributed by atoms with Crippen molar-refractivity contribution < 1.29 is 19.1 Å². The second-order valence-electron chi connectivity index (χ2n) is 11.0. The van der Waals surface area contributed by atoms with Gasteiger partial charge in [0, 0.05) is 13.1 Å². The minimum atomic E-state index is -0.601. The average Bonchev–Trinajstić information content (AvgIpc) is 3.35. The largest absolute Gasteiger partial charge is 0.497 e. The third-order valence-corrected chi connectivity index (χ3v) is 7.46. The van der Waals surface area contributed by atoms with E-state index in [-0.39, 0.29) is 11.9 Å². The van der Waals surface area contributed by atoms with E-state index in [1.807, 2.05) is 45.0 Å². The van der Waals surface area contributed by atoms with Gasteiger partial charge in [0.2, 0.25) is 5.91 Å². The molecular weight excluding hydrogens is 474 g/mol. The first-order valence-electron chi connectivity index (χ1n) is 13.4. The van der Waals surface area contributed by atoms with Crippen LogP contribution in [0.1, 0.15) is 84.1 Å². The van der Waals surface area contributed by atoms with Crippen molar-refractivity contribution in [2.24, 2.45) is 5.92 Å². The number of nitrogens with zero attached hydrogens (tertiary/aromatic N) is 1. The molecule has 1 aromatic rings. The number of hydrogen-bond acceptors (Lipinski definition) is 5. The van der Waals surface area contributed by atoms with Crippen molar-refractivity contribution in [1.29, 1.82) is 0 Å². The first-order chi connectivity index (χ1) is 17.2. The summed E-state index contributed by atoms with van der Waals surface area (Å²) in [5.41, 5.74) is 0.485. The second-order valence-corrected chi connectivity index (χ2v) is 11.5. The lowest BCUT2D eigenvalue weighted by atomic mass is 9.85. The molecule has 1 heterocycles. The molecule has 1 aliphatic heterocycles. The Morgan fingerprint density at radius 2 is 1.78 bits per heavy atom. The Morgan fingerprint density at radius 3 is 2.42 bits per heavy atom. The molecule has 1 saturated carbocycles. The molecule has 36 heavy (non-hydrogen) atoms. The molecule has 0 spiro atoms. The summed E-state index contributed by atoms with van der Waals surface area (Å²) in [6.07, 6.45) is 9.21. The zero-order chi connectivity index (χ0) is 26.1. The lowest BCUT2D eigenvalue weighted by Crippen LogP contribution is -2.53. The number of carbonyl (C=O) groups is 2. The van der Waals surface area contributed by atoms with Gasteiger partial charge in [-0.05, 0) is 70.1 Å². The van der Waals surface area contributed by atoms with Gasteiger partial charge in [0.05, 0.1) is 18.1 Å². The van der Waals surface area contributed by atoms with Crippen molar-refractivity contribution in [3.63, 3.8) is 0 Å². The maximum Gasteiger partial charge on any atom is 0.410 e. The van der Waals surface area contributed by atoms with Gasteiger partial charge in [-0.2, -0.15) is 0 Å². The van der Waals surface area contributed by atoms with Crippen LogP contribution in [-0.2, 0) is 16.1 Å². The zero-order valence-electron chi connectivity index (χ0n) is 22.3. The molecule has 0 bridgehead atoms. The fraction of sp³-hybridized carbons (Fsp3) is 0.679. The highest BCUT2D eigenvalue weighted by atomic mass is 32.1. The molecule has 2 amide bonds. The molecule has 1 aliphatic carbocycles. The standard InChI is InChI=1S/C28H43N3O4S/c1-28(2,3)35-27(33)31-18-8-11-24(31)25(32)30-23(17-14-20-9-6-5-7-10-20)26(36)29-19-21-12-15-22(34-4)16-13-21/h12-13,15-16,20,23-24H,5-11,14,17-19H2,1-4H3,(H,29,36)(H,30,32)/t23-,24+/m1/s1. The van der Waals surface area contributed by atoms with Gasteiger partial charge in [-0.3, -0.25) is 9.69 Å². The molecule has 0 aromatic heterocycles. The van der Waals surface area contributed by atoms with E-state index in [0.29, 0.717) is 30.4 Å². The molecule has 1 aromatic carbocycles. The van der Waals surface area contributed by atoms with E-state index < -0.39 is 17.7 Å². The van der Waals surface area contributed by atoms with Gasteiger partial charge in [0.25, 0.3) is 0 Å². The Hall–Kier alpha value is -2.35. The Bertz CT molecular complexity index is 878. The summed E-state index contributed by atoms with van der Waals surface area (Å²) in [6, 6.07) is 7.06. The van der Waals surface area contributed by atoms with Crippen LogP contribution in [0, 0.1) is 5.92 Å². The van der Waals surface area contributed by atoms with E-state index in [0.717, 1.165) is 30.6 Å². The molecule has 7 nitrogen and oxygen atoms in total. The van der Waals surface area contributed by atoms with Crippen molar-refractivity contribution in [3.8, 4) is 5.75 Å². The van der Waals surface area contributed by atoms with Crippen LogP contribution in [0.2, 0.25) is 0 Å². The smallest absolute Gasteiger partial charge is 0.410 e. The highest BCUT2D eigenvalue weighted by molar-refractivity contribution is 7.80. The molecule has 1 saturated heterocycles. The molecule has 0 unspecified atom stereocenters. The number of carbonyl (C=O) groups excluding carboxylic acids is 2. The van der Waals surface area contributed by atoms with Gasteiger partial charge in [0.1, 0.15) is 17.4 Å². The number of likely N-dealkylation sites (tertiary alicyclic amines) is 1. The molecule has 2 aliphatic rings. The number of nitrogens with one attached hydrogen (secondary N) is 2. The van der Waals surface area contributed by atoms with E-state index in [4.69, 9.17) is 21.7 Å². The van der Waals surface area contributed by atoms with Crippen molar-refractivity contribution in [2.75, 3.05) is 13.7 Å². The second kappa shape index (κ2) is 13.3. The summed E-state index contributed by atoms with van der Waals surface area (Å²) in [5, 5.41) is 6.54. The van der Waals surface area contributed by atoms with Crippen molar-refractivity contribution in [3.05, 3.63) is 29.8 Å². The average molecular weight is 518 g/mol. The number of benzene rings is 1. The molecule has 2 atom stereocenters. The normalized spacial score (nSPS) is 19.4. The quantitative estimate of drug-likeness (QED) is 0.430. The van der Waals surface area contributed by atoms with Gasteiger partial charge < -0.3 is 20.1 Å². The van der Waals surface area contributed by atoms with E-state index in [9.17, 15) is 9.59 Å². The van der Waals surface area contributed by atoms with E-state index in [1.165, 1.54) is 32.1 Å². The number of thiocarbonyl (C=S) groups is 1. The van der Waals surface area contributed by atoms with E-state index >= 15 is 0 Å². The third kappa shape index (κ3) is 8.64. The van der Waals surface area contributed by atoms with E-state index in [1.54, 1.807) is 12.0 Å². The number of hydrogen-bond donors (Lipinski definition) is 2. The van der Waals surface area contributed by atoms with Crippen molar-refractivity contribution >= 4 is 29.2 Å². The fourth-order valence-corrected chi connectivity index (χ4v) is 5.30. The van der Waals surface area contributed by atoms with E-state index in [2.05, 4.69) is 10.6 Å². The summed E-state index contributed by atoms with van der Waals surface area (Å²) in [6.45, 7) is 6.62. The number of amides is 2. The summed E-state index contributed by atoms with van der Waals surface area (Å²) in [5.74, 6) is 1.35. The Labute approximate surface area is 221 Å². The highest BCUT2D eigenvalue weighted by Gasteiger charge is 2.37. The van der Waals surface area contributed by atoms with Crippen LogP contribution in [-0.4, -0.2) is 53.2 Å². The molecular formula is C28H43N3O4S. The Morgan fingerprint density at radius 1 is 1.08 bits per heavy atom. The van der Waals surface area contributed by atoms with Crippen LogP contribution in [0.15, 0.2) is 24.3 Å². The summed E-state index contributed by atoms with van der Waals surface area (Å²) in [7, 11) is 1.65. The molecule has 2 fully saturated rings. The molecule has 2 N–H and O–H groups in total. The van der Waals surface area contributed by atoms with Gasteiger partial charge in [0.15, 0.2) is 0 Å². The highest BCUT2D eigenvalue weighted by Crippen LogP contribution is 2.28. The summed E-state index contributed by atoms with van der Waals surface area (Å²) < 4.78 is 10.8. The van der Waals surface area contributed by atoms with Crippen LogP contribution >= 0.6 is 12.2 Å². The summed E-state index contributed by atoms with van der Waals surface area (Å²) >= 11 is 5.78. The van der Waals surface area contributed by atoms with Gasteiger partial charge in [-0.1, -0.05) is 56.5 Å². The maximum atomic E-state index is 13.4. The first kappa shape index (κ1) is 28.2. The predicted octanol–water partition coefficient (Wildman–Crippen LogP) is 5.36. The topological polar surface area (TPSA) is 79.9 Å². The number of ether oxygens (including phenoxy) is 2. The van der Waals surface area contributed by atoms with Crippen LogP contribution in [0.5, 0.6) is 5.75 Å². The lowest BCUT2D eigenvalue weighted by molar-refractivity contribution is -0.125. The van der Waals surface area contributed by atoms with Crippen molar-refractivity contribution in [1.82, 2.24) is 15.5 Å². The molecule has 8 heteroatoms. The van der Waals surface area contributed by atoms with Crippen LogP contribution < -0.4 is 15.4 Å². The zero-order valence-corrected chi connectivity index (χ0v) is 23.1. The van der Waals surface area contributed by atoms with Crippen LogP contribution in [0.4, 0.5) is 4.79 Å². The lowest BCUT2D eigenvalue weighted by Gasteiger charge is -2.30. The Balaban J connectivity index is 1.63. The van der Waals surface area contributed by atoms with Crippen LogP contribution in [0.25, 0.3) is 0 Å². The van der Waals surface area contributed by atoms with Gasteiger partial charge >= 0.3 is 6.09 Å². The Kier molecular flexibility index (Phi) is 10.4. The van der Waals surface area contributed by atoms with Crippen LogP contribution in [0.3, 0.4) is 0 Å². The third-order valence-electron chi connectivity index (χ3n) is 7.03. The van der Waals surface area contributed by atoms with Crippen molar-refractivity contribution in [2.45, 2.75) is 103 Å². The SMILES string of the molecule is COc1ccc(CNC(=S)[C@@H](CCC2CCCCC2)NC(=O)[C@@H]2CCCN2C(=O)OC(C)(C)C)cc1. The van der Waals surface area contributed by atoms with Gasteiger partial charge in [-0.25, -0.2) is 4.79 Å². The molecule has 3 rings (SSSR count). The monoisotopic (exact) mass is 517 g/mol. The fourth-order valence-electron chi connectivity index (χ4n) is 5.05. The molecule has 200 valence electrons. The number of methoxy groups -OCH3 is 1.